The van der Waals surface area contributed by atoms with Gasteiger partial charge in [-0.1, -0.05) is 0 Å². The smallest absolute Gasteiger partial charge is 0.346 e. The Bertz CT molecular complexity index is 398. The van der Waals surface area contributed by atoms with Gasteiger partial charge in [0.25, 0.3) is 0 Å². The van der Waals surface area contributed by atoms with Gasteiger partial charge in [-0.3, -0.25) is 0 Å². The molecule has 5 nitrogen and oxygen atoms in total. The molecule has 0 radical (unpaired) electrons. The number of carboxylic acid groups (broad SMARTS) is 1. The molecule has 1 aromatic heterocycles. The lowest BCUT2D eigenvalue weighted by atomic mass is 10.0. The molecule has 0 spiro atoms. The van der Waals surface area contributed by atoms with Crippen molar-refractivity contribution in [3.05, 3.63) is 21.9 Å². The second-order valence-corrected chi connectivity index (χ2v) is 5.13. The molecule has 1 aromatic rings. The second-order valence-electron chi connectivity index (χ2n) is 4.21. The van der Waals surface area contributed by atoms with E-state index in [4.69, 9.17) is 9.84 Å². The molecule has 1 fully saturated rings. The SMILES string of the molecule is O=C(O)c1sccc1CNCC1(O)CCOC1. The van der Waals surface area contributed by atoms with Gasteiger partial charge in [0.15, 0.2) is 0 Å². The Morgan fingerprint density at radius 3 is 3.12 bits per heavy atom. The highest BCUT2D eigenvalue weighted by Crippen LogP contribution is 2.19. The molecule has 1 unspecified atom stereocenters. The van der Waals surface area contributed by atoms with Crippen LogP contribution < -0.4 is 5.32 Å². The zero-order chi connectivity index (χ0) is 12.3. The average Bonchev–Trinajstić information content (AvgIpc) is 2.87. The monoisotopic (exact) mass is 257 g/mol. The molecule has 1 atom stereocenters. The normalized spacial score (nSPS) is 24.1. The van der Waals surface area contributed by atoms with Gasteiger partial charge >= 0.3 is 5.97 Å². The summed E-state index contributed by atoms with van der Waals surface area (Å²) in [7, 11) is 0. The van der Waals surface area contributed by atoms with Gasteiger partial charge in [0.2, 0.25) is 0 Å². The summed E-state index contributed by atoms with van der Waals surface area (Å²) < 4.78 is 5.13. The first-order chi connectivity index (χ1) is 8.11. The van der Waals surface area contributed by atoms with Crippen LogP contribution in [0.4, 0.5) is 0 Å². The fraction of sp³-hybridized carbons (Fsp3) is 0.545. The Kier molecular flexibility index (Phi) is 3.78. The molecule has 0 aromatic carbocycles. The summed E-state index contributed by atoms with van der Waals surface area (Å²) in [6.45, 7) is 1.79. The van der Waals surface area contributed by atoms with Gasteiger partial charge in [-0.25, -0.2) is 4.79 Å². The van der Waals surface area contributed by atoms with Crippen LogP contribution in [-0.4, -0.2) is 41.5 Å². The number of carbonyl (C=O) groups is 1. The zero-order valence-corrected chi connectivity index (χ0v) is 10.1. The topological polar surface area (TPSA) is 78.8 Å². The van der Waals surface area contributed by atoms with Crippen LogP contribution in [0.25, 0.3) is 0 Å². The Morgan fingerprint density at radius 2 is 2.47 bits per heavy atom. The molecular weight excluding hydrogens is 242 g/mol. The Hall–Kier alpha value is -0.950. The van der Waals surface area contributed by atoms with E-state index in [-0.39, 0.29) is 0 Å². The number of thiophene rings is 1. The van der Waals surface area contributed by atoms with Crippen LogP contribution in [0, 0.1) is 0 Å². The van der Waals surface area contributed by atoms with Crippen LogP contribution in [0.15, 0.2) is 11.4 Å². The highest BCUT2D eigenvalue weighted by molar-refractivity contribution is 7.12. The number of nitrogens with one attached hydrogen (secondary N) is 1. The van der Waals surface area contributed by atoms with Gasteiger partial charge < -0.3 is 20.3 Å². The van der Waals surface area contributed by atoms with Crippen LogP contribution in [0.1, 0.15) is 21.7 Å². The molecule has 0 saturated carbocycles. The number of aromatic carboxylic acids is 1. The van der Waals surface area contributed by atoms with Crippen molar-refractivity contribution >= 4 is 17.3 Å². The summed E-state index contributed by atoms with van der Waals surface area (Å²) in [6, 6.07) is 1.79. The lowest BCUT2D eigenvalue weighted by molar-refractivity contribution is 0.0268. The van der Waals surface area contributed by atoms with Crippen molar-refractivity contribution in [2.75, 3.05) is 19.8 Å². The first kappa shape index (κ1) is 12.5. The molecular formula is C11H15NO4S. The highest BCUT2D eigenvalue weighted by atomic mass is 32.1. The molecule has 0 bridgehead atoms. The number of rotatable bonds is 5. The molecule has 0 amide bonds. The number of hydrogen-bond acceptors (Lipinski definition) is 5. The summed E-state index contributed by atoms with van der Waals surface area (Å²) in [5.74, 6) is -0.903. The molecule has 17 heavy (non-hydrogen) atoms. The Labute approximate surface area is 103 Å². The summed E-state index contributed by atoms with van der Waals surface area (Å²) in [5.41, 5.74) is -0.0515. The maximum Gasteiger partial charge on any atom is 0.346 e. The van der Waals surface area contributed by atoms with E-state index in [0.29, 0.717) is 37.6 Å². The maximum absolute atomic E-state index is 10.9. The summed E-state index contributed by atoms with van der Waals surface area (Å²) in [4.78, 5) is 11.2. The van der Waals surface area contributed by atoms with Crippen molar-refractivity contribution in [1.29, 1.82) is 0 Å². The lowest BCUT2D eigenvalue weighted by Gasteiger charge is -2.20. The third kappa shape index (κ3) is 3.04. The quantitative estimate of drug-likeness (QED) is 0.723. The third-order valence-corrected chi connectivity index (χ3v) is 3.74. The molecule has 2 heterocycles. The molecule has 0 aliphatic carbocycles. The molecule has 1 saturated heterocycles. The van der Waals surface area contributed by atoms with Crippen LogP contribution in [-0.2, 0) is 11.3 Å². The van der Waals surface area contributed by atoms with Crippen molar-refractivity contribution in [1.82, 2.24) is 5.32 Å². The van der Waals surface area contributed by atoms with E-state index in [1.54, 1.807) is 11.4 Å². The van der Waals surface area contributed by atoms with Crippen molar-refractivity contribution in [3.8, 4) is 0 Å². The number of carboxylic acids is 1. The standard InChI is InChI=1S/C11H15NO4S/c13-10(14)9-8(1-4-17-9)5-12-6-11(15)2-3-16-7-11/h1,4,12,15H,2-3,5-7H2,(H,13,14). The van der Waals surface area contributed by atoms with E-state index in [0.717, 1.165) is 5.56 Å². The maximum atomic E-state index is 10.9. The van der Waals surface area contributed by atoms with Crippen molar-refractivity contribution in [2.24, 2.45) is 0 Å². The van der Waals surface area contributed by atoms with Gasteiger partial charge in [0.05, 0.1) is 6.61 Å². The predicted molar refractivity (Wildman–Crippen MR) is 63.4 cm³/mol. The molecule has 2 rings (SSSR count). The predicted octanol–water partition coefficient (Wildman–Crippen LogP) is 0.687. The van der Waals surface area contributed by atoms with Crippen LogP contribution in [0.2, 0.25) is 0 Å². The fourth-order valence-electron chi connectivity index (χ4n) is 1.83. The van der Waals surface area contributed by atoms with E-state index < -0.39 is 11.6 Å². The number of hydrogen-bond donors (Lipinski definition) is 3. The largest absolute Gasteiger partial charge is 0.477 e. The second kappa shape index (κ2) is 5.14. The van der Waals surface area contributed by atoms with E-state index >= 15 is 0 Å². The number of aliphatic hydroxyl groups is 1. The number of ether oxygens (including phenoxy) is 1. The molecule has 94 valence electrons. The van der Waals surface area contributed by atoms with Crippen molar-refractivity contribution in [3.63, 3.8) is 0 Å². The lowest BCUT2D eigenvalue weighted by Crippen LogP contribution is -2.40. The van der Waals surface area contributed by atoms with E-state index in [1.807, 2.05) is 0 Å². The summed E-state index contributed by atoms with van der Waals surface area (Å²) in [6.07, 6.45) is 0.620. The van der Waals surface area contributed by atoms with Crippen LogP contribution in [0.5, 0.6) is 0 Å². The third-order valence-electron chi connectivity index (χ3n) is 2.79. The first-order valence-electron chi connectivity index (χ1n) is 5.41. The first-order valence-corrected chi connectivity index (χ1v) is 6.29. The minimum absolute atomic E-state index is 0.343. The van der Waals surface area contributed by atoms with Gasteiger partial charge in [-0.15, -0.1) is 11.3 Å². The molecule has 1 aliphatic rings. The molecule has 1 aliphatic heterocycles. The summed E-state index contributed by atoms with van der Waals surface area (Å²) in [5, 5.41) is 23.8. The minimum atomic E-state index is -0.903. The van der Waals surface area contributed by atoms with Crippen LogP contribution >= 0.6 is 11.3 Å². The van der Waals surface area contributed by atoms with Gasteiger partial charge in [-0.2, -0.15) is 0 Å². The van der Waals surface area contributed by atoms with E-state index in [1.165, 1.54) is 11.3 Å². The minimum Gasteiger partial charge on any atom is -0.477 e. The average molecular weight is 257 g/mol. The van der Waals surface area contributed by atoms with E-state index in [2.05, 4.69) is 5.32 Å². The molecule has 6 heteroatoms. The van der Waals surface area contributed by atoms with Crippen LogP contribution in [0.3, 0.4) is 0 Å². The summed E-state index contributed by atoms with van der Waals surface area (Å²) >= 11 is 1.21. The van der Waals surface area contributed by atoms with Gasteiger partial charge in [0, 0.05) is 26.1 Å². The van der Waals surface area contributed by atoms with E-state index in [9.17, 15) is 9.90 Å². The van der Waals surface area contributed by atoms with Gasteiger partial charge in [0.1, 0.15) is 10.5 Å². The van der Waals surface area contributed by atoms with Crippen molar-refractivity contribution in [2.45, 2.75) is 18.6 Å². The highest BCUT2D eigenvalue weighted by Gasteiger charge is 2.31. The van der Waals surface area contributed by atoms with Crippen molar-refractivity contribution < 1.29 is 19.7 Å². The zero-order valence-electron chi connectivity index (χ0n) is 9.31. The van der Waals surface area contributed by atoms with Gasteiger partial charge in [-0.05, 0) is 17.0 Å². The fourth-order valence-corrected chi connectivity index (χ4v) is 2.59. The molecule has 3 N–H and O–H groups in total. The Balaban J connectivity index is 1.85. The Morgan fingerprint density at radius 1 is 1.65 bits per heavy atom.